The van der Waals surface area contributed by atoms with Crippen molar-refractivity contribution in [3.63, 3.8) is 0 Å². The van der Waals surface area contributed by atoms with Gasteiger partial charge in [-0.25, -0.2) is 0 Å². The van der Waals surface area contributed by atoms with E-state index >= 15 is 0 Å². The topological polar surface area (TPSA) is 134 Å². The first-order chi connectivity index (χ1) is 10.4. The van der Waals surface area contributed by atoms with Crippen molar-refractivity contribution >= 4 is 11.8 Å². The molecule has 4 N–H and O–H groups in total. The number of esters is 1. The fourth-order valence-corrected chi connectivity index (χ4v) is 2.34. The highest BCUT2D eigenvalue weighted by molar-refractivity contribution is 5.79. The summed E-state index contributed by atoms with van der Waals surface area (Å²) >= 11 is 0. The van der Waals surface area contributed by atoms with Gasteiger partial charge in [-0.2, -0.15) is 0 Å². The van der Waals surface area contributed by atoms with Gasteiger partial charge in [-0.05, 0) is 13.3 Å². The number of carbonyl (C=O) groups excluding carboxylic acids is 2. The van der Waals surface area contributed by atoms with Crippen LogP contribution in [0.25, 0.3) is 0 Å². The van der Waals surface area contributed by atoms with E-state index in [1.165, 1.54) is 0 Å². The molecule has 128 valence electrons. The summed E-state index contributed by atoms with van der Waals surface area (Å²) in [6.07, 6.45) is -5.92. The Morgan fingerprint density at radius 3 is 2.27 bits per heavy atom. The van der Waals surface area contributed by atoms with Gasteiger partial charge >= 0.3 is 5.97 Å². The van der Waals surface area contributed by atoms with Gasteiger partial charge in [0.25, 0.3) is 0 Å². The van der Waals surface area contributed by atoms with Crippen LogP contribution in [0.1, 0.15) is 32.6 Å². The third-order valence-electron chi connectivity index (χ3n) is 3.56. The van der Waals surface area contributed by atoms with Crippen molar-refractivity contribution in [2.24, 2.45) is 0 Å². The molecule has 5 atom stereocenters. The van der Waals surface area contributed by atoms with E-state index in [9.17, 15) is 24.9 Å². The van der Waals surface area contributed by atoms with Gasteiger partial charge in [0.05, 0.1) is 19.3 Å². The van der Waals surface area contributed by atoms with Crippen LogP contribution in [0.5, 0.6) is 0 Å². The van der Waals surface area contributed by atoms with Crippen molar-refractivity contribution in [2.45, 2.75) is 63.1 Å². The van der Waals surface area contributed by atoms with Crippen LogP contribution in [0.3, 0.4) is 0 Å². The zero-order chi connectivity index (χ0) is 16.7. The molecular weight excluding hydrogens is 296 g/mol. The van der Waals surface area contributed by atoms with Crippen LogP contribution < -0.4 is 0 Å². The molecule has 1 heterocycles. The number of hydrogen-bond donors (Lipinski definition) is 4. The Morgan fingerprint density at radius 1 is 1.05 bits per heavy atom. The largest absolute Gasteiger partial charge is 0.466 e. The van der Waals surface area contributed by atoms with E-state index in [0.29, 0.717) is 6.42 Å². The zero-order valence-corrected chi connectivity index (χ0v) is 12.6. The van der Waals surface area contributed by atoms with Crippen molar-refractivity contribution in [1.29, 1.82) is 0 Å². The second kappa shape index (κ2) is 9.16. The van der Waals surface area contributed by atoms with Gasteiger partial charge in [0.15, 0.2) is 0 Å². The van der Waals surface area contributed by atoms with Crippen LogP contribution in [0.15, 0.2) is 0 Å². The molecule has 1 fully saturated rings. The minimum Gasteiger partial charge on any atom is -0.466 e. The second-order valence-corrected chi connectivity index (χ2v) is 5.27. The van der Waals surface area contributed by atoms with Gasteiger partial charge in [0.2, 0.25) is 0 Å². The number of hydrogen-bond acceptors (Lipinski definition) is 8. The summed E-state index contributed by atoms with van der Waals surface area (Å²) in [5.74, 6) is -0.614. The molecule has 5 unspecified atom stereocenters. The predicted octanol–water partition coefficient (Wildman–Crippen LogP) is -1.48. The number of carbonyl (C=O) groups is 2. The van der Waals surface area contributed by atoms with Crippen LogP contribution in [0, 0.1) is 0 Å². The average molecular weight is 320 g/mol. The van der Waals surface area contributed by atoms with E-state index in [0.717, 1.165) is 0 Å². The van der Waals surface area contributed by atoms with E-state index in [-0.39, 0.29) is 37.6 Å². The maximum absolute atomic E-state index is 11.8. The summed E-state index contributed by atoms with van der Waals surface area (Å²) in [6, 6.07) is 0. The molecule has 22 heavy (non-hydrogen) atoms. The average Bonchev–Trinajstić information content (AvgIpc) is 2.48. The molecule has 0 bridgehead atoms. The van der Waals surface area contributed by atoms with Gasteiger partial charge in [-0.3, -0.25) is 9.59 Å². The summed E-state index contributed by atoms with van der Waals surface area (Å²) in [5, 5.41) is 38.1. The lowest BCUT2D eigenvalue weighted by Crippen LogP contribution is -2.58. The lowest BCUT2D eigenvalue weighted by Gasteiger charge is -2.39. The zero-order valence-electron chi connectivity index (χ0n) is 12.6. The van der Waals surface area contributed by atoms with Crippen LogP contribution in [0.4, 0.5) is 0 Å². The van der Waals surface area contributed by atoms with Crippen molar-refractivity contribution in [3.8, 4) is 0 Å². The second-order valence-electron chi connectivity index (χ2n) is 5.27. The molecule has 0 aromatic heterocycles. The number of ether oxygens (including phenoxy) is 2. The highest BCUT2D eigenvalue weighted by Gasteiger charge is 2.43. The summed E-state index contributed by atoms with van der Waals surface area (Å²) in [6.45, 7) is 1.46. The molecule has 0 spiro atoms. The van der Waals surface area contributed by atoms with Gasteiger partial charge in [-0.15, -0.1) is 0 Å². The third kappa shape index (κ3) is 5.29. The highest BCUT2D eigenvalue weighted by Crippen LogP contribution is 2.23. The molecule has 0 saturated carbocycles. The fourth-order valence-electron chi connectivity index (χ4n) is 2.34. The first kappa shape index (κ1) is 19.0. The maximum atomic E-state index is 11.8. The Morgan fingerprint density at radius 2 is 1.68 bits per heavy atom. The number of Topliss-reactive ketones (excluding diaryl/α,β-unsaturated/α-hetero) is 1. The summed E-state index contributed by atoms with van der Waals surface area (Å²) < 4.78 is 9.99. The Balaban J connectivity index is 2.41. The molecular formula is C14H24O8. The SMILES string of the molecule is CCOC(=O)CCCC(=O)CC1OC(CO)C(O)C(O)C1O. The normalized spacial score (nSPS) is 31.8. The molecule has 1 rings (SSSR count). The lowest BCUT2D eigenvalue weighted by molar-refractivity contribution is -0.229. The van der Waals surface area contributed by atoms with E-state index < -0.39 is 37.1 Å². The Labute approximate surface area is 128 Å². The summed E-state index contributed by atoms with van der Waals surface area (Å²) in [4.78, 5) is 23.0. The Bertz CT molecular complexity index is 370. The van der Waals surface area contributed by atoms with Gasteiger partial charge in [0.1, 0.15) is 30.2 Å². The number of rotatable bonds is 8. The van der Waals surface area contributed by atoms with E-state index in [1.54, 1.807) is 6.92 Å². The molecule has 1 saturated heterocycles. The number of aliphatic hydroxyl groups excluding tert-OH is 4. The first-order valence-corrected chi connectivity index (χ1v) is 7.38. The van der Waals surface area contributed by atoms with Crippen LogP contribution >= 0.6 is 0 Å². The lowest BCUT2D eigenvalue weighted by atomic mass is 9.92. The van der Waals surface area contributed by atoms with Crippen molar-refractivity contribution in [2.75, 3.05) is 13.2 Å². The molecule has 8 nitrogen and oxygen atoms in total. The molecule has 8 heteroatoms. The van der Waals surface area contributed by atoms with Crippen LogP contribution in [-0.2, 0) is 19.1 Å². The Hall–Kier alpha value is -1.06. The van der Waals surface area contributed by atoms with Crippen LogP contribution in [-0.4, -0.2) is 75.9 Å². The Kier molecular flexibility index (Phi) is 7.91. The summed E-state index contributed by atoms with van der Waals surface area (Å²) in [5.41, 5.74) is 0. The molecule has 0 aromatic carbocycles. The van der Waals surface area contributed by atoms with Crippen molar-refractivity contribution in [3.05, 3.63) is 0 Å². The summed E-state index contributed by atoms with van der Waals surface area (Å²) in [7, 11) is 0. The minimum atomic E-state index is -1.48. The molecule has 0 aromatic rings. The predicted molar refractivity (Wildman–Crippen MR) is 73.9 cm³/mol. The number of ketones is 1. The molecule has 0 radical (unpaired) electrons. The molecule has 0 amide bonds. The van der Waals surface area contributed by atoms with E-state index in [4.69, 9.17) is 14.6 Å². The van der Waals surface area contributed by atoms with Crippen molar-refractivity contribution < 1.29 is 39.5 Å². The quantitative estimate of drug-likeness (QED) is 0.398. The van der Waals surface area contributed by atoms with E-state index in [1.807, 2.05) is 0 Å². The smallest absolute Gasteiger partial charge is 0.305 e. The van der Waals surface area contributed by atoms with Gasteiger partial charge in [-0.1, -0.05) is 0 Å². The molecule has 0 aliphatic carbocycles. The molecule has 1 aliphatic heterocycles. The van der Waals surface area contributed by atoms with Crippen LogP contribution in [0.2, 0.25) is 0 Å². The van der Waals surface area contributed by atoms with E-state index in [2.05, 4.69) is 0 Å². The van der Waals surface area contributed by atoms with Crippen molar-refractivity contribution in [1.82, 2.24) is 0 Å². The molecule has 1 aliphatic rings. The fraction of sp³-hybridized carbons (Fsp3) is 0.857. The standard InChI is InChI=1S/C14H24O8/c1-2-21-11(17)5-3-4-8(16)6-9-12(18)14(20)13(19)10(7-15)22-9/h9-10,12-15,18-20H,2-7H2,1H3. The monoisotopic (exact) mass is 320 g/mol. The maximum Gasteiger partial charge on any atom is 0.305 e. The van der Waals surface area contributed by atoms with Gasteiger partial charge in [0, 0.05) is 19.3 Å². The highest BCUT2D eigenvalue weighted by atomic mass is 16.5. The first-order valence-electron chi connectivity index (χ1n) is 7.38. The number of aliphatic hydroxyl groups is 4. The minimum absolute atomic E-state index is 0.119. The third-order valence-corrected chi connectivity index (χ3v) is 3.56. The van der Waals surface area contributed by atoms with Gasteiger partial charge < -0.3 is 29.9 Å².